The monoisotopic (exact) mass is 304 g/mol. The average molecular weight is 304 g/mol. The van der Waals surface area contributed by atoms with Gasteiger partial charge in [0.05, 0.1) is 0 Å². The topological polar surface area (TPSA) is 86.7 Å². The molecule has 118 valence electrons. The molecule has 2 amide bonds. The molecule has 1 aromatic carbocycles. The van der Waals surface area contributed by atoms with Gasteiger partial charge in [0.25, 0.3) is 0 Å². The van der Waals surface area contributed by atoms with E-state index >= 15 is 0 Å². The number of carboxylic acid groups (broad SMARTS) is 1. The first-order chi connectivity index (χ1) is 10.5. The zero-order chi connectivity index (χ0) is 16.1. The molecule has 22 heavy (non-hydrogen) atoms. The summed E-state index contributed by atoms with van der Waals surface area (Å²) in [6.45, 7) is 1.91. The van der Waals surface area contributed by atoms with Gasteiger partial charge in [-0.3, -0.25) is 14.4 Å². The number of nitrogens with one attached hydrogen (secondary N) is 1. The van der Waals surface area contributed by atoms with Crippen LogP contribution < -0.4 is 5.32 Å². The van der Waals surface area contributed by atoms with Crippen LogP contribution in [0.2, 0.25) is 0 Å². The van der Waals surface area contributed by atoms with Crippen molar-refractivity contribution in [2.45, 2.75) is 38.3 Å². The number of nitrogens with zero attached hydrogens (tertiary/aromatic N) is 1. The molecule has 2 rings (SSSR count). The minimum absolute atomic E-state index is 0.0711. The highest BCUT2D eigenvalue weighted by Gasteiger charge is 2.33. The lowest BCUT2D eigenvalue weighted by atomic mass is 10.00. The van der Waals surface area contributed by atoms with Gasteiger partial charge in [0, 0.05) is 13.0 Å². The van der Waals surface area contributed by atoms with E-state index in [-0.39, 0.29) is 5.91 Å². The first-order valence-corrected chi connectivity index (χ1v) is 7.38. The summed E-state index contributed by atoms with van der Waals surface area (Å²) in [5.41, 5.74) is 0.688. The maximum absolute atomic E-state index is 12.5. The number of amides is 2. The van der Waals surface area contributed by atoms with Crippen molar-refractivity contribution in [1.82, 2.24) is 10.2 Å². The lowest BCUT2D eigenvalue weighted by Gasteiger charge is -2.34. The predicted molar refractivity (Wildman–Crippen MR) is 80.0 cm³/mol. The van der Waals surface area contributed by atoms with Gasteiger partial charge in [-0.05, 0) is 25.3 Å². The number of carboxylic acids is 1. The highest BCUT2D eigenvalue weighted by molar-refractivity contribution is 5.91. The molecule has 0 aliphatic carbocycles. The molecule has 0 aromatic heterocycles. The molecule has 1 heterocycles. The van der Waals surface area contributed by atoms with Crippen molar-refractivity contribution in [3.05, 3.63) is 35.9 Å². The first-order valence-electron chi connectivity index (χ1n) is 7.38. The quantitative estimate of drug-likeness (QED) is 0.859. The first kappa shape index (κ1) is 16.0. The Morgan fingerprint density at radius 2 is 1.91 bits per heavy atom. The van der Waals surface area contributed by atoms with Crippen LogP contribution in [-0.4, -0.2) is 40.4 Å². The van der Waals surface area contributed by atoms with Crippen molar-refractivity contribution in [2.24, 2.45) is 0 Å². The Bertz CT molecular complexity index is 559. The van der Waals surface area contributed by atoms with Crippen LogP contribution in [0.1, 0.15) is 37.8 Å². The van der Waals surface area contributed by atoms with E-state index in [1.54, 1.807) is 29.2 Å². The molecule has 2 atom stereocenters. The summed E-state index contributed by atoms with van der Waals surface area (Å²) in [6.07, 6.45) is 2.09. The SMILES string of the molecule is C[C@@H](NC(=O)C(c1ccccc1)N1CCCCC1=O)C(=O)O. The number of benzene rings is 1. The van der Waals surface area contributed by atoms with Crippen LogP contribution in [0.5, 0.6) is 0 Å². The number of piperidine rings is 1. The molecule has 0 spiro atoms. The molecule has 0 bridgehead atoms. The van der Waals surface area contributed by atoms with Gasteiger partial charge < -0.3 is 15.3 Å². The van der Waals surface area contributed by atoms with Gasteiger partial charge in [0.1, 0.15) is 12.1 Å². The normalized spacial score (nSPS) is 17.7. The fourth-order valence-corrected chi connectivity index (χ4v) is 2.56. The van der Waals surface area contributed by atoms with Crippen molar-refractivity contribution in [3.63, 3.8) is 0 Å². The third-order valence-corrected chi connectivity index (χ3v) is 3.76. The van der Waals surface area contributed by atoms with Gasteiger partial charge in [0.15, 0.2) is 0 Å². The van der Waals surface area contributed by atoms with E-state index < -0.39 is 24.0 Å². The van der Waals surface area contributed by atoms with E-state index in [0.717, 1.165) is 12.8 Å². The Morgan fingerprint density at radius 1 is 1.23 bits per heavy atom. The molecule has 1 fully saturated rings. The molecular formula is C16H20N2O4. The van der Waals surface area contributed by atoms with E-state index in [2.05, 4.69) is 5.32 Å². The van der Waals surface area contributed by atoms with Crippen LogP contribution in [0.4, 0.5) is 0 Å². The molecule has 1 unspecified atom stereocenters. The van der Waals surface area contributed by atoms with Crippen LogP contribution in [0.25, 0.3) is 0 Å². The highest BCUT2D eigenvalue weighted by atomic mass is 16.4. The third-order valence-electron chi connectivity index (χ3n) is 3.76. The van der Waals surface area contributed by atoms with Crippen molar-refractivity contribution in [3.8, 4) is 0 Å². The smallest absolute Gasteiger partial charge is 0.325 e. The van der Waals surface area contributed by atoms with E-state index in [0.29, 0.717) is 18.5 Å². The fourth-order valence-electron chi connectivity index (χ4n) is 2.56. The number of hydrogen-bond donors (Lipinski definition) is 2. The molecule has 6 nitrogen and oxygen atoms in total. The second kappa shape index (κ2) is 7.06. The molecule has 2 N–H and O–H groups in total. The van der Waals surface area contributed by atoms with Gasteiger partial charge in [-0.25, -0.2) is 0 Å². The zero-order valence-electron chi connectivity index (χ0n) is 12.5. The van der Waals surface area contributed by atoms with Crippen LogP contribution in [-0.2, 0) is 14.4 Å². The summed E-state index contributed by atoms with van der Waals surface area (Å²) in [6, 6.07) is 7.19. The number of carbonyl (C=O) groups excluding carboxylic acids is 2. The Kier molecular flexibility index (Phi) is 5.14. The summed E-state index contributed by atoms with van der Waals surface area (Å²) >= 11 is 0. The third kappa shape index (κ3) is 3.63. The predicted octanol–water partition coefficient (Wildman–Crippen LogP) is 1.33. The molecule has 1 saturated heterocycles. The standard InChI is InChI=1S/C16H20N2O4/c1-11(16(21)22)17-15(20)14(12-7-3-2-4-8-12)18-10-6-5-9-13(18)19/h2-4,7-8,11,14H,5-6,9-10H2,1H3,(H,17,20)(H,21,22)/t11-,14?/m1/s1. The van der Waals surface area contributed by atoms with Gasteiger partial charge in [0.2, 0.25) is 11.8 Å². The Morgan fingerprint density at radius 3 is 2.50 bits per heavy atom. The van der Waals surface area contributed by atoms with Crippen molar-refractivity contribution in [2.75, 3.05) is 6.54 Å². The summed E-state index contributed by atoms with van der Waals surface area (Å²) in [4.78, 5) is 37.2. The van der Waals surface area contributed by atoms with Crippen LogP contribution >= 0.6 is 0 Å². The molecule has 1 aromatic rings. The summed E-state index contributed by atoms with van der Waals surface area (Å²) < 4.78 is 0. The number of hydrogen-bond acceptors (Lipinski definition) is 3. The number of likely N-dealkylation sites (tertiary alicyclic amines) is 1. The highest BCUT2D eigenvalue weighted by Crippen LogP contribution is 2.25. The summed E-state index contributed by atoms with van der Waals surface area (Å²) in [7, 11) is 0. The maximum Gasteiger partial charge on any atom is 0.325 e. The van der Waals surface area contributed by atoms with Crippen LogP contribution in [0, 0.1) is 0 Å². The minimum Gasteiger partial charge on any atom is -0.480 e. The second-order valence-electron chi connectivity index (χ2n) is 5.43. The molecule has 6 heteroatoms. The van der Waals surface area contributed by atoms with Gasteiger partial charge in [-0.2, -0.15) is 0 Å². The Balaban J connectivity index is 2.27. The van der Waals surface area contributed by atoms with E-state index in [1.807, 2.05) is 6.07 Å². The number of carbonyl (C=O) groups is 3. The van der Waals surface area contributed by atoms with Crippen molar-refractivity contribution < 1.29 is 19.5 Å². The average Bonchev–Trinajstić information content (AvgIpc) is 2.50. The van der Waals surface area contributed by atoms with Crippen LogP contribution in [0.3, 0.4) is 0 Å². The van der Waals surface area contributed by atoms with E-state index in [9.17, 15) is 14.4 Å². The van der Waals surface area contributed by atoms with Crippen molar-refractivity contribution >= 4 is 17.8 Å². The summed E-state index contributed by atoms with van der Waals surface area (Å²) in [5, 5.41) is 11.4. The lowest BCUT2D eigenvalue weighted by molar-refractivity contribution is -0.145. The van der Waals surface area contributed by atoms with E-state index in [4.69, 9.17) is 5.11 Å². The molecule has 0 radical (unpaired) electrons. The Labute approximate surface area is 129 Å². The molecule has 0 saturated carbocycles. The molecular weight excluding hydrogens is 284 g/mol. The van der Waals surface area contributed by atoms with Gasteiger partial charge in [-0.15, -0.1) is 0 Å². The zero-order valence-corrected chi connectivity index (χ0v) is 12.5. The van der Waals surface area contributed by atoms with Gasteiger partial charge in [-0.1, -0.05) is 30.3 Å². The van der Waals surface area contributed by atoms with Crippen molar-refractivity contribution in [1.29, 1.82) is 0 Å². The molecule has 1 aliphatic rings. The second-order valence-corrected chi connectivity index (χ2v) is 5.43. The Hall–Kier alpha value is -2.37. The maximum atomic E-state index is 12.5. The number of aliphatic carboxylic acids is 1. The van der Waals surface area contributed by atoms with Gasteiger partial charge >= 0.3 is 5.97 Å². The molecule has 1 aliphatic heterocycles. The fraction of sp³-hybridized carbons (Fsp3) is 0.438. The lowest BCUT2D eigenvalue weighted by Crippen LogP contribution is -2.49. The van der Waals surface area contributed by atoms with Crippen LogP contribution in [0.15, 0.2) is 30.3 Å². The van der Waals surface area contributed by atoms with E-state index in [1.165, 1.54) is 6.92 Å². The minimum atomic E-state index is -1.11. The summed E-state index contributed by atoms with van der Waals surface area (Å²) in [5.74, 6) is -1.64. The number of rotatable bonds is 5. The largest absolute Gasteiger partial charge is 0.480 e.